The largest absolute Gasteiger partial charge is 0.392 e. The molecule has 2 saturated heterocycles. The topological polar surface area (TPSA) is 122 Å². The van der Waals surface area contributed by atoms with E-state index in [1.54, 1.807) is 37.8 Å². The molecule has 0 radical (unpaired) electrons. The lowest BCUT2D eigenvalue weighted by Gasteiger charge is -2.43. The SMILES string of the molecule is Cn1cc(-c2ccnc(-n3ccn4c5c(cc4c3=O)CCC5)c2CO)cc(Nc2ccc(N3CCN(C4COC4)CC3)cn2)c1=O. The summed E-state index contributed by atoms with van der Waals surface area (Å²) in [5, 5.41) is 13.8. The number of anilines is 3. The minimum Gasteiger partial charge on any atom is -0.392 e. The molecule has 3 aliphatic rings. The first kappa shape index (κ1) is 28.7. The second kappa shape index (κ2) is 11.5. The molecular formula is C34H36N8O4. The van der Waals surface area contributed by atoms with Crippen molar-refractivity contribution in [3.05, 3.63) is 98.8 Å². The third kappa shape index (κ3) is 4.89. The van der Waals surface area contributed by atoms with Crippen molar-refractivity contribution in [2.24, 2.45) is 7.05 Å². The number of nitrogens with zero attached hydrogens (tertiary/aromatic N) is 7. The van der Waals surface area contributed by atoms with Gasteiger partial charge in [-0.25, -0.2) is 9.97 Å². The second-order valence-electron chi connectivity index (χ2n) is 12.3. The number of aryl methyl sites for hydroxylation is 3. The number of ether oxygens (including phenoxy) is 1. The minimum atomic E-state index is -0.342. The summed E-state index contributed by atoms with van der Waals surface area (Å²) < 4.78 is 10.3. The molecule has 0 spiro atoms. The van der Waals surface area contributed by atoms with Gasteiger partial charge in [-0.3, -0.25) is 19.1 Å². The summed E-state index contributed by atoms with van der Waals surface area (Å²) in [6, 6.07) is 9.98. The lowest BCUT2D eigenvalue weighted by Crippen LogP contribution is -2.56. The first-order valence-corrected chi connectivity index (χ1v) is 15.8. The average Bonchev–Trinajstić information content (AvgIpc) is 3.66. The fourth-order valence-electron chi connectivity index (χ4n) is 7.02. The van der Waals surface area contributed by atoms with E-state index in [1.807, 2.05) is 35.0 Å². The van der Waals surface area contributed by atoms with Crippen LogP contribution in [-0.2, 0) is 31.2 Å². The van der Waals surface area contributed by atoms with Crippen molar-refractivity contribution in [3.8, 4) is 16.9 Å². The number of nitrogens with one attached hydrogen (secondary N) is 1. The highest BCUT2D eigenvalue weighted by atomic mass is 16.5. The van der Waals surface area contributed by atoms with Gasteiger partial charge in [0.15, 0.2) is 0 Å². The maximum Gasteiger partial charge on any atom is 0.280 e. The van der Waals surface area contributed by atoms with Crippen molar-refractivity contribution in [1.82, 2.24) is 28.4 Å². The summed E-state index contributed by atoms with van der Waals surface area (Å²) in [5.74, 6) is 0.913. The monoisotopic (exact) mass is 620 g/mol. The number of aliphatic hydroxyl groups is 1. The Labute approximate surface area is 265 Å². The van der Waals surface area contributed by atoms with Crippen LogP contribution in [-0.4, -0.2) is 78.9 Å². The van der Waals surface area contributed by atoms with Crippen LogP contribution in [0.2, 0.25) is 0 Å². The van der Waals surface area contributed by atoms with E-state index in [2.05, 4.69) is 25.1 Å². The molecule has 5 aromatic heterocycles. The van der Waals surface area contributed by atoms with Crippen molar-refractivity contribution < 1.29 is 9.84 Å². The van der Waals surface area contributed by atoms with Crippen molar-refractivity contribution in [1.29, 1.82) is 0 Å². The molecule has 12 heteroatoms. The van der Waals surface area contributed by atoms with Gasteiger partial charge >= 0.3 is 0 Å². The van der Waals surface area contributed by atoms with Gasteiger partial charge in [0.25, 0.3) is 11.1 Å². The number of fused-ring (bicyclic) bond motifs is 3. The molecule has 7 heterocycles. The quantitative estimate of drug-likeness (QED) is 0.283. The third-order valence-electron chi connectivity index (χ3n) is 9.63. The molecule has 5 aromatic rings. The molecule has 0 aromatic carbocycles. The van der Waals surface area contributed by atoms with Crippen LogP contribution in [0, 0.1) is 0 Å². The van der Waals surface area contributed by atoms with E-state index < -0.39 is 0 Å². The molecule has 46 heavy (non-hydrogen) atoms. The Kier molecular flexibility index (Phi) is 7.19. The lowest BCUT2D eigenvalue weighted by molar-refractivity contribution is -0.0660. The smallest absolute Gasteiger partial charge is 0.280 e. The van der Waals surface area contributed by atoms with Crippen LogP contribution >= 0.6 is 0 Å². The summed E-state index contributed by atoms with van der Waals surface area (Å²) in [6.45, 7) is 5.19. The van der Waals surface area contributed by atoms with Crippen molar-refractivity contribution in [2.45, 2.75) is 31.9 Å². The molecule has 2 aliphatic heterocycles. The van der Waals surface area contributed by atoms with Gasteiger partial charge in [-0.05, 0) is 60.7 Å². The maximum atomic E-state index is 13.6. The Bertz CT molecular complexity index is 2050. The van der Waals surface area contributed by atoms with Crippen LogP contribution in [0.4, 0.5) is 17.2 Å². The van der Waals surface area contributed by atoms with Gasteiger partial charge in [0.05, 0.1) is 37.7 Å². The molecule has 0 unspecified atom stereocenters. The summed E-state index contributed by atoms with van der Waals surface area (Å²) in [7, 11) is 1.69. The molecule has 0 atom stereocenters. The molecule has 0 bridgehead atoms. The van der Waals surface area contributed by atoms with Gasteiger partial charge in [-0.15, -0.1) is 0 Å². The zero-order valence-corrected chi connectivity index (χ0v) is 25.7. The number of aliphatic hydroxyl groups excluding tert-OH is 1. The van der Waals surface area contributed by atoms with Crippen LogP contribution in [0.15, 0.2) is 70.9 Å². The zero-order valence-electron chi connectivity index (χ0n) is 25.7. The molecule has 0 saturated carbocycles. The third-order valence-corrected chi connectivity index (χ3v) is 9.63. The van der Waals surface area contributed by atoms with Crippen LogP contribution in [0.5, 0.6) is 0 Å². The molecular weight excluding hydrogens is 584 g/mol. The van der Waals surface area contributed by atoms with Gasteiger partial charge in [-0.2, -0.15) is 0 Å². The normalized spacial score (nSPS) is 17.0. The number of hydrogen-bond acceptors (Lipinski definition) is 9. The standard InChI is InChI=1S/C34H36N8O4/c1-38-18-23(15-28(33(38)44)37-31-6-5-24(17-36-31)39-9-11-40(12-10-39)25-20-46-21-25)26-7-8-35-32(27(26)19-43)42-14-13-41-29-4-2-3-22(29)16-30(41)34(42)45/h5-8,13-18,25,43H,2-4,9-12,19-21H2,1H3,(H,36,37). The Hall–Kier alpha value is -4.78. The fraction of sp³-hybridized carbons (Fsp3) is 0.353. The second-order valence-corrected chi connectivity index (χ2v) is 12.3. The highest BCUT2D eigenvalue weighted by Crippen LogP contribution is 2.30. The molecule has 12 nitrogen and oxygen atoms in total. The highest BCUT2D eigenvalue weighted by Gasteiger charge is 2.29. The number of piperazine rings is 1. The van der Waals surface area contributed by atoms with E-state index in [0.29, 0.717) is 45.6 Å². The van der Waals surface area contributed by atoms with E-state index in [0.717, 1.165) is 64.3 Å². The predicted molar refractivity (Wildman–Crippen MR) is 175 cm³/mol. The van der Waals surface area contributed by atoms with E-state index in [9.17, 15) is 14.7 Å². The molecule has 2 fully saturated rings. The van der Waals surface area contributed by atoms with Gasteiger partial charge < -0.3 is 29.0 Å². The first-order chi connectivity index (χ1) is 22.5. The molecule has 0 amide bonds. The number of aromatic nitrogens is 5. The summed E-state index contributed by atoms with van der Waals surface area (Å²) in [4.78, 5) is 40.8. The van der Waals surface area contributed by atoms with Gasteiger partial charge in [0.2, 0.25) is 0 Å². The molecule has 2 N–H and O–H groups in total. The van der Waals surface area contributed by atoms with E-state index >= 15 is 0 Å². The van der Waals surface area contributed by atoms with Crippen molar-refractivity contribution in [3.63, 3.8) is 0 Å². The summed E-state index contributed by atoms with van der Waals surface area (Å²) >= 11 is 0. The molecule has 236 valence electrons. The number of pyridine rings is 3. The van der Waals surface area contributed by atoms with Crippen molar-refractivity contribution in [2.75, 3.05) is 49.6 Å². The van der Waals surface area contributed by atoms with Gasteiger partial charge in [0.1, 0.15) is 22.8 Å². The first-order valence-electron chi connectivity index (χ1n) is 15.8. The van der Waals surface area contributed by atoms with Crippen LogP contribution in [0.3, 0.4) is 0 Å². The van der Waals surface area contributed by atoms with Crippen LogP contribution in [0.1, 0.15) is 23.2 Å². The molecule has 1 aliphatic carbocycles. The average molecular weight is 621 g/mol. The maximum absolute atomic E-state index is 13.6. The Balaban J connectivity index is 1.07. The minimum absolute atomic E-state index is 0.191. The zero-order chi connectivity index (χ0) is 31.4. The van der Waals surface area contributed by atoms with E-state index in [4.69, 9.17) is 4.74 Å². The van der Waals surface area contributed by atoms with Gasteiger partial charge in [0, 0.05) is 74.8 Å². The number of rotatable bonds is 7. The number of hydrogen-bond donors (Lipinski definition) is 2. The molecule has 8 rings (SSSR count). The van der Waals surface area contributed by atoms with Crippen LogP contribution in [0.25, 0.3) is 22.5 Å². The summed E-state index contributed by atoms with van der Waals surface area (Å²) in [6.07, 6.45) is 11.8. The Morgan fingerprint density at radius 1 is 1.00 bits per heavy atom. The Morgan fingerprint density at radius 3 is 2.59 bits per heavy atom. The van der Waals surface area contributed by atoms with Crippen LogP contribution < -0.4 is 21.3 Å². The van der Waals surface area contributed by atoms with E-state index in [-0.39, 0.29) is 17.7 Å². The summed E-state index contributed by atoms with van der Waals surface area (Å²) in [5.41, 5.74) is 5.85. The highest BCUT2D eigenvalue weighted by molar-refractivity contribution is 5.73. The van der Waals surface area contributed by atoms with Gasteiger partial charge in [-0.1, -0.05) is 0 Å². The predicted octanol–water partition coefficient (Wildman–Crippen LogP) is 2.49. The lowest BCUT2D eigenvalue weighted by atomic mass is 10.0. The Morgan fingerprint density at radius 2 is 1.85 bits per heavy atom. The van der Waals surface area contributed by atoms with Crippen molar-refractivity contribution >= 4 is 22.7 Å². The fourth-order valence-corrected chi connectivity index (χ4v) is 7.02. The van der Waals surface area contributed by atoms with E-state index in [1.165, 1.54) is 20.4 Å².